The summed E-state index contributed by atoms with van der Waals surface area (Å²) in [7, 11) is 0. The Balaban J connectivity index is 1.48. The van der Waals surface area contributed by atoms with Crippen molar-refractivity contribution in [2.24, 2.45) is 0 Å². The number of benzene rings is 2. The zero-order valence-corrected chi connectivity index (χ0v) is 21.4. The summed E-state index contributed by atoms with van der Waals surface area (Å²) < 4.78 is 14.8. The van der Waals surface area contributed by atoms with Crippen LogP contribution in [0.3, 0.4) is 0 Å². The van der Waals surface area contributed by atoms with Crippen molar-refractivity contribution in [3.63, 3.8) is 0 Å². The largest absolute Gasteiger partial charge is 0.350 e. The number of rotatable bonds is 9. The monoisotopic (exact) mass is 505 g/mol. The number of carbonyl (C=O) groups is 3. The van der Waals surface area contributed by atoms with Gasteiger partial charge in [-0.25, -0.2) is 9.37 Å². The maximum atomic E-state index is 13.6. The van der Waals surface area contributed by atoms with Crippen molar-refractivity contribution >= 4 is 17.7 Å². The van der Waals surface area contributed by atoms with Gasteiger partial charge in [0, 0.05) is 19.6 Å². The average molecular weight is 506 g/mol. The van der Waals surface area contributed by atoms with Gasteiger partial charge in [0.2, 0.25) is 5.91 Å². The van der Waals surface area contributed by atoms with Crippen LogP contribution >= 0.6 is 0 Å². The zero-order valence-electron chi connectivity index (χ0n) is 21.4. The molecule has 2 heterocycles. The number of nitrogens with zero attached hydrogens (tertiary/aromatic N) is 3. The second-order valence-electron chi connectivity index (χ2n) is 9.60. The molecule has 2 N–H and O–H groups in total. The van der Waals surface area contributed by atoms with E-state index in [1.54, 1.807) is 23.6 Å². The number of halogens is 1. The Bertz CT molecular complexity index is 1290. The van der Waals surface area contributed by atoms with Crippen molar-refractivity contribution in [1.82, 2.24) is 25.1 Å². The highest BCUT2D eigenvalue weighted by Gasteiger charge is 2.48. The molecule has 8 nitrogen and oxygen atoms in total. The van der Waals surface area contributed by atoms with Crippen molar-refractivity contribution in [2.45, 2.75) is 52.2 Å². The third-order valence-corrected chi connectivity index (χ3v) is 6.70. The molecule has 1 aliphatic heterocycles. The van der Waals surface area contributed by atoms with Gasteiger partial charge in [-0.2, -0.15) is 0 Å². The first kappa shape index (κ1) is 26.1. The lowest BCUT2D eigenvalue weighted by molar-refractivity contribution is -0.133. The number of aromatic nitrogens is 2. The molecule has 0 unspecified atom stereocenters. The van der Waals surface area contributed by atoms with Crippen LogP contribution in [0.1, 0.15) is 57.9 Å². The molecule has 0 saturated heterocycles. The van der Waals surface area contributed by atoms with Crippen LogP contribution in [-0.4, -0.2) is 50.8 Å². The Morgan fingerprint density at radius 3 is 2.41 bits per heavy atom. The SMILES string of the molecule is CCCN1C(=O)c2c(C(=O)NCCc3ccc(C)cc3)ncn2C[C@]1(C)C(=O)NCc1ccc(F)cc1. The number of hydrogen-bond acceptors (Lipinski definition) is 4. The summed E-state index contributed by atoms with van der Waals surface area (Å²) in [6.07, 6.45) is 2.74. The lowest BCUT2D eigenvalue weighted by atomic mass is 9.94. The summed E-state index contributed by atoms with van der Waals surface area (Å²) in [6, 6.07) is 14.0. The van der Waals surface area contributed by atoms with E-state index in [1.807, 2.05) is 38.1 Å². The molecule has 3 aromatic rings. The van der Waals surface area contributed by atoms with E-state index in [4.69, 9.17) is 0 Å². The van der Waals surface area contributed by atoms with Crippen molar-refractivity contribution in [1.29, 1.82) is 0 Å². The zero-order chi connectivity index (χ0) is 26.6. The molecular formula is C28H32FN5O3. The molecule has 0 fully saturated rings. The van der Waals surface area contributed by atoms with Gasteiger partial charge in [-0.15, -0.1) is 0 Å². The molecule has 0 radical (unpaired) electrons. The third kappa shape index (κ3) is 5.55. The Morgan fingerprint density at radius 1 is 1.05 bits per heavy atom. The molecule has 194 valence electrons. The van der Waals surface area contributed by atoms with E-state index < -0.39 is 17.4 Å². The van der Waals surface area contributed by atoms with Crippen LogP contribution in [-0.2, 0) is 24.3 Å². The lowest BCUT2D eigenvalue weighted by Crippen LogP contribution is -2.64. The van der Waals surface area contributed by atoms with Crippen LogP contribution in [0.15, 0.2) is 54.9 Å². The normalized spacial score (nSPS) is 16.9. The second kappa shape index (κ2) is 10.9. The number of carbonyl (C=O) groups excluding carboxylic acids is 3. The first-order valence-corrected chi connectivity index (χ1v) is 12.5. The van der Waals surface area contributed by atoms with E-state index >= 15 is 0 Å². The van der Waals surface area contributed by atoms with Gasteiger partial charge in [0.05, 0.1) is 12.9 Å². The minimum absolute atomic E-state index is 0.0591. The number of imidazole rings is 1. The smallest absolute Gasteiger partial charge is 0.273 e. The molecule has 0 spiro atoms. The fourth-order valence-electron chi connectivity index (χ4n) is 4.56. The summed E-state index contributed by atoms with van der Waals surface area (Å²) in [5, 5.41) is 5.74. The van der Waals surface area contributed by atoms with E-state index in [-0.39, 0.29) is 36.2 Å². The van der Waals surface area contributed by atoms with Crippen molar-refractivity contribution in [3.05, 3.63) is 88.8 Å². The molecule has 1 aromatic heterocycles. The van der Waals surface area contributed by atoms with Gasteiger partial charge in [0.25, 0.3) is 11.8 Å². The van der Waals surface area contributed by atoms with Crippen molar-refractivity contribution < 1.29 is 18.8 Å². The van der Waals surface area contributed by atoms with E-state index in [9.17, 15) is 18.8 Å². The van der Waals surface area contributed by atoms with Gasteiger partial charge in [-0.1, -0.05) is 48.9 Å². The van der Waals surface area contributed by atoms with E-state index in [1.165, 1.54) is 28.9 Å². The fraction of sp³-hybridized carbons (Fsp3) is 0.357. The van der Waals surface area contributed by atoms with Crippen LogP contribution in [0.5, 0.6) is 0 Å². The second-order valence-corrected chi connectivity index (χ2v) is 9.60. The molecule has 2 aromatic carbocycles. The van der Waals surface area contributed by atoms with Gasteiger partial charge in [-0.3, -0.25) is 14.4 Å². The van der Waals surface area contributed by atoms with Crippen molar-refractivity contribution in [2.75, 3.05) is 13.1 Å². The van der Waals surface area contributed by atoms with Crippen molar-refractivity contribution in [3.8, 4) is 0 Å². The highest BCUT2D eigenvalue weighted by molar-refractivity contribution is 6.07. The molecule has 9 heteroatoms. The number of aryl methyl sites for hydroxylation is 1. The van der Waals surface area contributed by atoms with Crippen LogP contribution in [0, 0.1) is 12.7 Å². The highest BCUT2D eigenvalue weighted by Crippen LogP contribution is 2.29. The summed E-state index contributed by atoms with van der Waals surface area (Å²) in [5.74, 6) is -1.51. The molecule has 37 heavy (non-hydrogen) atoms. The molecule has 4 rings (SSSR count). The minimum Gasteiger partial charge on any atom is -0.350 e. The quantitative estimate of drug-likeness (QED) is 0.467. The Morgan fingerprint density at radius 2 is 1.73 bits per heavy atom. The predicted octanol–water partition coefficient (Wildman–Crippen LogP) is 3.24. The topological polar surface area (TPSA) is 96.3 Å². The minimum atomic E-state index is -1.18. The van der Waals surface area contributed by atoms with Crippen LogP contribution in [0.2, 0.25) is 0 Å². The summed E-state index contributed by atoms with van der Waals surface area (Å²) in [6.45, 7) is 6.77. The first-order chi connectivity index (χ1) is 17.7. The van der Waals surface area contributed by atoms with Crippen LogP contribution in [0.25, 0.3) is 0 Å². The third-order valence-electron chi connectivity index (χ3n) is 6.70. The van der Waals surface area contributed by atoms with E-state index in [2.05, 4.69) is 15.6 Å². The van der Waals surface area contributed by atoms with E-state index in [0.717, 1.165) is 11.1 Å². The summed E-state index contributed by atoms with van der Waals surface area (Å²) in [5.41, 5.74) is 2.08. The Hall–Kier alpha value is -4.01. The van der Waals surface area contributed by atoms with E-state index in [0.29, 0.717) is 25.9 Å². The molecule has 3 amide bonds. The molecule has 0 aliphatic carbocycles. The molecular weight excluding hydrogens is 473 g/mol. The maximum Gasteiger partial charge on any atom is 0.273 e. The number of amides is 3. The number of nitrogens with one attached hydrogen (secondary N) is 2. The molecule has 0 saturated carbocycles. The molecule has 1 atom stereocenters. The summed E-state index contributed by atoms with van der Waals surface area (Å²) in [4.78, 5) is 45.7. The van der Waals surface area contributed by atoms with Gasteiger partial charge < -0.3 is 20.1 Å². The standard InChI is InChI=1S/C28H32FN5O3/c1-4-15-34-26(36)24-23(25(35)30-14-13-20-7-5-19(2)6-8-20)32-18-33(24)17-28(34,3)27(37)31-16-21-9-11-22(29)12-10-21/h5-12,18H,4,13-17H2,1-3H3,(H,30,35)(H,31,37)/t28-/m1/s1. The van der Waals surface area contributed by atoms with Gasteiger partial charge >= 0.3 is 0 Å². The van der Waals surface area contributed by atoms with Gasteiger partial charge in [0.1, 0.15) is 17.1 Å². The molecule has 0 bridgehead atoms. The van der Waals surface area contributed by atoms with Crippen LogP contribution in [0.4, 0.5) is 4.39 Å². The maximum absolute atomic E-state index is 13.6. The summed E-state index contributed by atoms with van der Waals surface area (Å²) >= 11 is 0. The Labute approximate surface area is 215 Å². The number of hydrogen-bond donors (Lipinski definition) is 2. The average Bonchev–Trinajstić information content (AvgIpc) is 3.31. The first-order valence-electron chi connectivity index (χ1n) is 12.5. The van der Waals surface area contributed by atoms with Crippen LogP contribution < -0.4 is 10.6 Å². The number of fused-ring (bicyclic) bond motifs is 1. The van der Waals surface area contributed by atoms with Gasteiger partial charge in [0.15, 0.2) is 5.69 Å². The fourth-order valence-corrected chi connectivity index (χ4v) is 4.56. The predicted molar refractivity (Wildman–Crippen MR) is 137 cm³/mol. The highest BCUT2D eigenvalue weighted by atomic mass is 19.1. The Kier molecular flexibility index (Phi) is 7.71. The lowest BCUT2D eigenvalue weighted by Gasteiger charge is -2.43. The molecule has 1 aliphatic rings. The van der Waals surface area contributed by atoms with Gasteiger partial charge in [-0.05, 0) is 49.9 Å².